The maximum absolute atomic E-state index is 12.7. The van der Waals surface area contributed by atoms with E-state index in [-0.39, 0.29) is 22.0 Å². The van der Waals surface area contributed by atoms with Gasteiger partial charge in [0.25, 0.3) is 15.9 Å². The number of para-hydroxylation sites is 1. The van der Waals surface area contributed by atoms with Crippen molar-refractivity contribution in [2.75, 3.05) is 10.0 Å². The van der Waals surface area contributed by atoms with E-state index in [1.54, 1.807) is 38.1 Å². The maximum Gasteiger partial charge on any atom is 0.263 e. The molecule has 0 aliphatic heterocycles. The second-order valence-corrected chi connectivity index (χ2v) is 8.80. The van der Waals surface area contributed by atoms with E-state index in [1.807, 2.05) is 6.07 Å². The van der Waals surface area contributed by atoms with Gasteiger partial charge in [0.2, 0.25) is 0 Å². The first-order valence-electron chi connectivity index (χ1n) is 9.89. The molecular formula is C23H23N5O4S. The van der Waals surface area contributed by atoms with Crippen molar-refractivity contribution in [1.29, 1.82) is 0 Å². The lowest BCUT2D eigenvalue weighted by Crippen LogP contribution is -2.16. The van der Waals surface area contributed by atoms with Gasteiger partial charge in [0.15, 0.2) is 0 Å². The molecule has 0 aliphatic rings. The fraction of sp³-hybridized carbons (Fsp3) is 0.130. The van der Waals surface area contributed by atoms with Crippen LogP contribution in [-0.2, 0) is 14.8 Å². The van der Waals surface area contributed by atoms with Crippen LogP contribution in [0.15, 0.2) is 81.9 Å². The van der Waals surface area contributed by atoms with Crippen molar-refractivity contribution < 1.29 is 18.3 Å². The first-order valence-corrected chi connectivity index (χ1v) is 11.4. The molecule has 0 spiro atoms. The summed E-state index contributed by atoms with van der Waals surface area (Å²) in [6.07, 6.45) is 1.22. The Balaban J connectivity index is 1.74. The average Bonchev–Trinajstić information content (AvgIpc) is 2.73. The minimum absolute atomic E-state index is 0.0197. The number of sulfonamides is 1. The molecule has 0 radical (unpaired) electrons. The molecule has 1 aromatic heterocycles. The summed E-state index contributed by atoms with van der Waals surface area (Å²) in [4.78, 5) is 24.9. The quantitative estimate of drug-likeness (QED) is 0.274. The highest BCUT2D eigenvalue weighted by Crippen LogP contribution is 2.20. The van der Waals surface area contributed by atoms with Gasteiger partial charge >= 0.3 is 0 Å². The first-order chi connectivity index (χ1) is 15.6. The van der Waals surface area contributed by atoms with Gasteiger partial charge in [-0.2, -0.15) is 0 Å². The molecule has 0 saturated heterocycles. The number of rotatable bonds is 7. The molecule has 3 aromatic rings. The van der Waals surface area contributed by atoms with Gasteiger partial charge in [0.1, 0.15) is 17.4 Å². The lowest BCUT2D eigenvalue weighted by atomic mass is 10.2. The highest BCUT2D eigenvalue weighted by molar-refractivity contribution is 7.92. The number of aliphatic hydroxyl groups is 1. The van der Waals surface area contributed by atoms with E-state index >= 15 is 0 Å². The molecule has 3 N–H and O–H groups in total. The minimum atomic E-state index is -3.86. The SMILES string of the molecule is C/C(O)=C(\C=Nc1ccc(S(=O)(=O)Nc2cc(C)nc(C)n2)cc1)C(=O)Nc1ccccc1. The molecule has 9 nitrogen and oxygen atoms in total. The smallest absolute Gasteiger partial charge is 0.263 e. The number of aromatic nitrogens is 2. The van der Waals surface area contributed by atoms with Crippen LogP contribution in [0.2, 0.25) is 0 Å². The zero-order chi connectivity index (χ0) is 24.0. The molecule has 170 valence electrons. The van der Waals surface area contributed by atoms with Crippen LogP contribution in [0.3, 0.4) is 0 Å². The summed E-state index contributed by atoms with van der Waals surface area (Å²) in [5.41, 5.74) is 1.59. The Hall–Kier alpha value is -4.05. The molecule has 0 aliphatic carbocycles. The standard InChI is InChI=1S/C23H23N5O4S/c1-15-13-22(26-17(3)25-15)28-33(31,32)20-11-9-18(10-12-20)24-14-21(16(2)29)23(30)27-19-7-5-4-6-8-19/h4-14,29H,1-3H3,(H,27,30)(H,25,26,28)/b21-16-,24-14?. The Morgan fingerprint density at radius 2 is 1.70 bits per heavy atom. The number of benzene rings is 2. The second kappa shape index (κ2) is 10.0. The van der Waals surface area contributed by atoms with Crippen molar-refractivity contribution in [3.63, 3.8) is 0 Å². The van der Waals surface area contributed by atoms with Crippen LogP contribution < -0.4 is 10.0 Å². The highest BCUT2D eigenvalue weighted by Gasteiger charge is 2.16. The number of aliphatic imine (C=N–C) groups is 1. The van der Waals surface area contributed by atoms with E-state index in [1.165, 1.54) is 43.5 Å². The van der Waals surface area contributed by atoms with Crippen molar-refractivity contribution in [1.82, 2.24) is 9.97 Å². The summed E-state index contributed by atoms with van der Waals surface area (Å²) in [5.74, 6) is -0.0914. The van der Waals surface area contributed by atoms with Gasteiger partial charge in [0, 0.05) is 23.7 Å². The molecule has 3 rings (SSSR count). The molecule has 33 heavy (non-hydrogen) atoms. The molecule has 0 atom stereocenters. The van der Waals surface area contributed by atoms with E-state index < -0.39 is 15.9 Å². The van der Waals surface area contributed by atoms with E-state index in [0.717, 1.165) is 0 Å². The van der Waals surface area contributed by atoms with Crippen LogP contribution in [0.5, 0.6) is 0 Å². The third-order valence-electron chi connectivity index (χ3n) is 4.36. The van der Waals surface area contributed by atoms with E-state index in [4.69, 9.17) is 0 Å². The van der Waals surface area contributed by atoms with Crippen LogP contribution in [0.25, 0.3) is 0 Å². The normalized spacial score (nSPS) is 12.3. The Labute approximate surface area is 192 Å². The van der Waals surface area contributed by atoms with Gasteiger partial charge in [-0.15, -0.1) is 0 Å². The molecule has 1 heterocycles. The average molecular weight is 466 g/mol. The van der Waals surface area contributed by atoms with Crippen LogP contribution in [0.4, 0.5) is 17.2 Å². The Bertz CT molecular complexity index is 1290. The van der Waals surface area contributed by atoms with Crippen LogP contribution in [0.1, 0.15) is 18.4 Å². The number of nitrogens with zero attached hydrogens (tertiary/aromatic N) is 3. The van der Waals surface area contributed by atoms with Crippen LogP contribution in [0, 0.1) is 13.8 Å². The molecule has 0 fully saturated rings. The van der Waals surface area contributed by atoms with Crippen molar-refractivity contribution >= 4 is 39.3 Å². The van der Waals surface area contributed by atoms with Crippen LogP contribution in [-0.4, -0.2) is 35.6 Å². The molecule has 1 amide bonds. The molecule has 0 bridgehead atoms. The third kappa shape index (κ3) is 6.47. The molecular weight excluding hydrogens is 442 g/mol. The van der Waals surface area contributed by atoms with Crippen molar-refractivity contribution in [2.45, 2.75) is 25.7 Å². The largest absolute Gasteiger partial charge is 0.512 e. The Morgan fingerprint density at radius 1 is 1.03 bits per heavy atom. The number of nitrogens with one attached hydrogen (secondary N) is 2. The number of hydrogen-bond donors (Lipinski definition) is 3. The fourth-order valence-electron chi connectivity index (χ4n) is 2.85. The van der Waals surface area contributed by atoms with Crippen molar-refractivity contribution in [3.05, 3.63) is 83.5 Å². The minimum Gasteiger partial charge on any atom is -0.512 e. The van der Waals surface area contributed by atoms with Gasteiger partial charge in [-0.1, -0.05) is 18.2 Å². The van der Waals surface area contributed by atoms with Crippen molar-refractivity contribution in [3.8, 4) is 0 Å². The summed E-state index contributed by atoms with van der Waals surface area (Å²) in [6.45, 7) is 4.80. The van der Waals surface area contributed by atoms with Crippen LogP contribution >= 0.6 is 0 Å². The summed E-state index contributed by atoms with van der Waals surface area (Å²) in [6, 6.07) is 16.1. The van der Waals surface area contributed by atoms with Gasteiger partial charge in [-0.25, -0.2) is 18.4 Å². The monoisotopic (exact) mass is 465 g/mol. The predicted octanol–water partition coefficient (Wildman–Crippen LogP) is 4.07. The zero-order valence-electron chi connectivity index (χ0n) is 18.3. The topological polar surface area (TPSA) is 134 Å². The number of anilines is 2. The maximum atomic E-state index is 12.7. The predicted molar refractivity (Wildman–Crippen MR) is 127 cm³/mol. The van der Waals surface area contributed by atoms with Gasteiger partial charge in [-0.05, 0) is 57.2 Å². The van der Waals surface area contributed by atoms with Crippen molar-refractivity contribution in [2.24, 2.45) is 4.99 Å². The third-order valence-corrected chi connectivity index (χ3v) is 5.73. The lowest BCUT2D eigenvalue weighted by molar-refractivity contribution is -0.112. The van der Waals surface area contributed by atoms with Gasteiger partial charge in [-0.3, -0.25) is 14.5 Å². The summed E-state index contributed by atoms with van der Waals surface area (Å²) >= 11 is 0. The Kier molecular flexibility index (Phi) is 7.19. The fourth-order valence-corrected chi connectivity index (χ4v) is 3.84. The molecule has 10 heteroatoms. The van der Waals surface area contributed by atoms with E-state index in [2.05, 4.69) is 25.0 Å². The number of aryl methyl sites for hydroxylation is 2. The Morgan fingerprint density at radius 3 is 2.30 bits per heavy atom. The lowest BCUT2D eigenvalue weighted by Gasteiger charge is -2.09. The summed E-state index contributed by atoms with van der Waals surface area (Å²) in [5, 5.41) is 12.6. The highest BCUT2D eigenvalue weighted by atomic mass is 32.2. The number of carbonyl (C=O) groups is 1. The van der Waals surface area contributed by atoms with Gasteiger partial charge < -0.3 is 10.4 Å². The van der Waals surface area contributed by atoms with E-state index in [9.17, 15) is 18.3 Å². The molecule has 0 unspecified atom stereocenters. The summed E-state index contributed by atoms with van der Waals surface area (Å²) < 4.78 is 27.7. The zero-order valence-corrected chi connectivity index (χ0v) is 19.1. The number of aliphatic hydroxyl groups excluding tert-OH is 1. The number of carbonyl (C=O) groups excluding carboxylic acids is 1. The van der Waals surface area contributed by atoms with Gasteiger partial charge in [0.05, 0.1) is 16.2 Å². The van der Waals surface area contributed by atoms with E-state index in [0.29, 0.717) is 22.9 Å². The number of hydrogen-bond acceptors (Lipinski definition) is 7. The number of allylic oxidation sites excluding steroid dienone is 1. The summed E-state index contributed by atoms with van der Waals surface area (Å²) in [7, 11) is -3.86. The second-order valence-electron chi connectivity index (χ2n) is 7.12. The molecule has 2 aromatic carbocycles. The molecule has 0 saturated carbocycles. The first kappa shape index (κ1) is 23.6. The number of amides is 1.